The molecule has 1 aromatic rings. The van der Waals surface area contributed by atoms with Gasteiger partial charge in [-0.3, -0.25) is 0 Å². The van der Waals surface area contributed by atoms with Crippen LogP contribution >= 0.6 is 35.6 Å². The Labute approximate surface area is 107 Å². The third-order valence-electron chi connectivity index (χ3n) is 2.24. The molecule has 0 unspecified atom stereocenters. The van der Waals surface area contributed by atoms with Gasteiger partial charge >= 0.3 is 0 Å². The lowest BCUT2D eigenvalue weighted by Crippen LogP contribution is -2.11. The summed E-state index contributed by atoms with van der Waals surface area (Å²) >= 11 is 12.1. The molecular weight excluding hydrogens is 252 g/mol. The normalized spacial score (nSPS) is 12.0. The molecule has 0 aliphatic carbocycles. The Kier molecular flexibility index (Phi) is 7.37. The zero-order valence-electron chi connectivity index (χ0n) is 8.67. The van der Waals surface area contributed by atoms with E-state index in [1.165, 1.54) is 0 Å². The average Bonchev–Trinajstić information content (AvgIpc) is 2.14. The minimum atomic E-state index is -0.0452. The number of hydrogen-bond acceptors (Lipinski definition) is 1. The van der Waals surface area contributed by atoms with Gasteiger partial charge in [0.2, 0.25) is 0 Å². The Morgan fingerprint density at radius 2 is 1.80 bits per heavy atom. The highest BCUT2D eigenvalue weighted by Gasteiger charge is 2.12. The van der Waals surface area contributed by atoms with E-state index in [4.69, 9.17) is 28.9 Å². The van der Waals surface area contributed by atoms with Crippen LogP contribution in [0.5, 0.6) is 0 Å². The predicted octanol–water partition coefficient (Wildman–Crippen LogP) is 4.61. The molecule has 0 aliphatic heterocycles. The highest BCUT2D eigenvalue weighted by atomic mass is 35.5. The van der Waals surface area contributed by atoms with Gasteiger partial charge < -0.3 is 5.73 Å². The third-order valence-corrected chi connectivity index (χ3v) is 2.90. The van der Waals surface area contributed by atoms with E-state index in [9.17, 15) is 0 Å². The van der Waals surface area contributed by atoms with Crippen LogP contribution in [0.3, 0.4) is 0 Å². The second kappa shape index (κ2) is 7.34. The third kappa shape index (κ3) is 4.20. The average molecular weight is 269 g/mol. The Balaban J connectivity index is 0.00000196. The maximum Gasteiger partial charge on any atom is 0.0468 e. The van der Waals surface area contributed by atoms with E-state index in [-0.39, 0.29) is 18.4 Å². The summed E-state index contributed by atoms with van der Waals surface area (Å²) in [5, 5.41) is 1.34. The maximum atomic E-state index is 6.04. The van der Waals surface area contributed by atoms with Crippen molar-refractivity contribution in [3.8, 4) is 0 Å². The van der Waals surface area contributed by atoms with E-state index in [2.05, 4.69) is 6.92 Å². The van der Waals surface area contributed by atoms with E-state index in [1.54, 1.807) is 0 Å². The first kappa shape index (κ1) is 15.0. The number of nitrogens with two attached hydrogens (primary N) is 1. The molecule has 0 bridgehead atoms. The highest BCUT2D eigenvalue weighted by molar-refractivity contribution is 6.36. The quantitative estimate of drug-likeness (QED) is 0.848. The number of benzene rings is 1. The summed E-state index contributed by atoms with van der Waals surface area (Å²) < 4.78 is 0. The van der Waals surface area contributed by atoms with Crippen molar-refractivity contribution in [2.24, 2.45) is 5.73 Å². The molecule has 0 saturated heterocycles. The first-order chi connectivity index (χ1) is 6.66. The first-order valence-electron chi connectivity index (χ1n) is 4.86. The Bertz CT molecular complexity index is 282. The summed E-state index contributed by atoms with van der Waals surface area (Å²) in [7, 11) is 0. The van der Waals surface area contributed by atoms with Gasteiger partial charge in [-0.1, -0.05) is 49.0 Å². The zero-order valence-corrected chi connectivity index (χ0v) is 11.0. The van der Waals surface area contributed by atoms with Gasteiger partial charge in [0.05, 0.1) is 0 Å². The molecule has 1 aromatic carbocycles. The van der Waals surface area contributed by atoms with Crippen molar-refractivity contribution in [2.45, 2.75) is 32.2 Å². The molecule has 0 saturated carbocycles. The van der Waals surface area contributed by atoms with Crippen LogP contribution in [0.1, 0.15) is 37.8 Å². The lowest BCUT2D eigenvalue weighted by Gasteiger charge is -2.14. The highest BCUT2D eigenvalue weighted by Crippen LogP contribution is 2.31. The molecule has 15 heavy (non-hydrogen) atoms. The predicted molar refractivity (Wildman–Crippen MR) is 70.2 cm³/mol. The van der Waals surface area contributed by atoms with Crippen LogP contribution in [-0.4, -0.2) is 0 Å². The van der Waals surface area contributed by atoms with Gasteiger partial charge in [0.1, 0.15) is 0 Å². The van der Waals surface area contributed by atoms with Crippen LogP contribution in [0.2, 0.25) is 10.0 Å². The molecule has 0 spiro atoms. The second-order valence-corrected chi connectivity index (χ2v) is 4.20. The lowest BCUT2D eigenvalue weighted by atomic mass is 10.0. The van der Waals surface area contributed by atoms with Gasteiger partial charge in [-0.15, -0.1) is 12.4 Å². The Morgan fingerprint density at radius 1 is 1.27 bits per heavy atom. The van der Waals surface area contributed by atoms with Crippen LogP contribution < -0.4 is 5.73 Å². The lowest BCUT2D eigenvalue weighted by molar-refractivity contribution is 0.604. The fourth-order valence-electron chi connectivity index (χ4n) is 1.43. The van der Waals surface area contributed by atoms with Crippen molar-refractivity contribution < 1.29 is 0 Å². The number of unbranched alkanes of at least 4 members (excludes halogenated alkanes) is 1. The topological polar surface area (TPSA) is 26.0 Å². The van der Waals surface area contributed by atoms with Crippen molar-refractivity contribution in [3.63, 3.8) is 0 Å². The Hall–Kier alpha value is 0.0500. The maximum absolute atomic E-state index is 6.04. The van der Waals surface area contributed by atoms with E-state index in [0.29, 0.717) is 10.0 Å². The summed E-state index contributed by atoms with van der Waals surface area (Å²) in [5.74, 6) is 0. The van der Waals surface area contributed by atoms with Crippen molar-refractivity contribution in [3.05, 3.63) is 33.8 Å². The molecule has 1 rings (SSSR count). The molecule has 4 heteroatoms. The minimum Gasteiger partial charge on any atom is -0.324 e. The smallest absolute Gasteiger partial charge is 0.0468 e. The zero-order chi connectivity index (χ0) is 10.6. The molecule has 1 nitrogen and oxygen atoms in total. The molecule has 2 N–H and O–H groups in total. The SMILES string of the molecule is CCCC[C@H](N)c1c(Cl)cccc1Cl.Cl. The molecule has 86 valence electrons. The van der Waals surface area contributed by atoms with Crippen LogP contribution in [0, 0.1) is 0 Å². The summed E-state index contributed by atoms with van der Waals surface area (Å²) in [6.45, 7) is 2.14. The van der Waals surface area contributed by atoms with Crippen LogP contribution in [0.25, 0.3) is 0 Å². The van der Waals surface area contributed by atoms with Gasteiger partial charge in [0.15, 0.2) is 0 Å². The Morgan fingerprint density at radius 3 is 2.27 bits per heavy atom. The summed E-state index contributed by atoms with van der Waals surface area (Å²) in [6, 6.07) is 5.44. The van der Waals surface area contributed by atoms with Crippen LogP contribution in [0.15, 0.2) is 18.2 Å². The number of rotatable bonds is 4. The van der Waals surface area contributed by atoms with Crippen molar-refractivity contribution in [1.29, 1.82) is 0 Å². The second-order valence-electron chi connectivity index (χ2n) is 3.38. The van der Waals surface area contributed by atoms with E-state index in [1.807, 2.05) is 18.2 Å². The molecule has 0 heterocycles. The van der Waals surface area contributed by atoms with E-state index >= 15 is 0 Å². The van der Waals surface area contributed by atoms with Crippen molar-refractivity contribution in [2.75, 3.05) is 0 Å². The summed E-state index contributed by atoms with van der Waals surface area (Å²) in [4.78, 5) is 0. The van der Waals surface area contributed by atoms with Gasteiger partial charge in [-0.25, -0.2) is 0 Å². The molecule has 1 atom stereocenters. The van der Waals surface area contributed by atoms with E-state index in [0.717, 1.165) is 24.8 Å². The molecule has 0 fully saturated rings. The molecular formula is C11H16Cl3N. The molecule has 0 aliphatic rings. The molecule has 0 aromatic heterocycles. The largest absolute Gasteiger partial charge is 0.324 e. The number of halogens is 3. The van der Waals surface area contributed by atoms with Gasteiger partial charge in [-0.2, -0.15) is 0 Å². The van der Waals surface area contributed by atoms with E-state index < -0.39 is 0 Å². The van der Waals surface area contributed by atoms with Crippen LogP contribution in [-0.2, 0) is 0 Å². The van der Waals surface area contributed by atoms with Gasteiger partial charge in [0, 0.05) is 21.7 Å². The standard InChI is InChI=1S/C11H15Cl2N.ClH/c1-2-3-7-10(14)11-8(12)5-4-6-9(11)13;/h4-6,10H,2-3,7,14H2,1H3;1H/t10-;/m0./s1. The molecule has 0 radical (unpaired) electrons. The van der Waals surface area contributed by atoms with Gasteiger partial charge in [0.25, 0.3) is 0 Å². The number of hydrogen-bond donors (Lipinski definition) is 1. The van der Waals surface area contributed by atoms with Crippen molar-refractivity contribution >= 4 is 35.6 Å². The summed E-state index contributed by atoms with van der Waals surface area (Å²) in [6.07, 6.45) is 3.17. The van der Waals surface area contributed by atoms with Gasteiger partial charge in [-0.05, 0) is 18.6 Å². The molecule has 0 amide bonds. The fourth-order valence-corrected chi connectivity index (χ4v) is 2.11. The minimum absolute atomic E-state index is 0. The fraction of sp³-hybridized carbons (Fsp3) is 0.455. The van der Waals surface area contributed by atoms with Crippen LogP contribution in [0.4, 0.5) is 0 Å². The monoisotopic (exact) mass is 267 g/mol. The summed E-state index contributed by atoms with van der Waals surface area (Å²) in [5.41, 5.74) is 6.89. The van der Waals surface area contributed by atoms with Crippen molar-refractivity contribution in [1.82, 2.24) is 0 Å². The first-order valence-corrected chi connectivity index (χ1v) is 5.62.